The first-order valence-corrected chi connectivity index (χ1v) is 5.16. The lowest BCUT2D eigenvalue weighted by Crippen LogP contribution is -2.31. The maximum Gasteiger partial charge on any atom is 0.438 e. The van der Waals surface area contributed by atoms with Gasteiger partial charge in [0.1, 0.15) is 0 Å². The highest BCUT2D eigenvalue weighted by molar-refractivity contribution is 5.87. The normalized spacial score (nSPS) is 10.0. The van der Waals surface area contributed by atoms with Gasteiger partial charge in [-0.05, 0) is 24.5 Å². The number of para-hydroxylation sites is 1. The summed E-state index contributed by atoms with van der Waals surface area (Å²) in [7, 11) is 2.78. The van der Waals surface area contributed by atoms with Gasteiger partial charge in [-0.25, -0.2) is 4.79 Å². The van der Waals surface area contributed by atoms with Crippen LogP contribution in [0.2, 0.25) is 0 Å². The molecule has 0 aliphatic carbocycles. The Balaban J connectivity index is 3.22. The summed E-state index contributed by atoms with van der Waals surface area (Å²) in [4.78, 5) is 16.6. The molecule has 1 aromatic rings. The monoisotopic (exact) mass is 223 g/mol. The molecule has 0 unspecified atom stereocenters. The molecule has 0 aliphatic heterocycles. The first kappa shape index (κ1) is 12.5. The molecule has 0 bridgehead atoms. The standard InChI is InChI=1S/C12H17NO3/c1-5-10-8-6-7-9(2)11(10)13(16-4)12(14)15-3/h6-8H,5H2,1-4H3. The summed E-state index contributed by atoms with van der Waals surface area (Å²) in [6.07, 6.45) is 0.305. The van der Waals surface area contributed by atoms with E-state index in [2.05, 4.69) is 4.74 Å². The van der Waals surface area contributed by atoms with Crippen LogP contribution < -0.4 is 5.06 Å². The summed E-state index contributed by atoms with van der Waals surface area (Å²) < 4.78 is 4.67. The number of anilines is 1. The van der Waals surface area contributed by atoms with Gasteiger partial charge in [-0.3, -0.25) is 4.84 Å². The van der Waals surface area contributed by atoms with Gasteiger partial charge in [-0.1, -0.05) is 25.1 Å². The van der Waals surface area contributed by atoms with Gasteiger partial charge in [0, 0.05) is 0 Å². The number of rotatable bonds is 3. The Morgan fingerprint density at radius 3 is 2.56 bits per heavy atom. The number of methoxy groups -OCH3 is 1. The summed E-state index contributed by atoms with van der Waals surface area (Å²) >= 11 is 0. The quantitative estimate of drug-likeness (QED) is 0.739. The van der Waals surface area contributed by atoms with E-state index < -0.39 is 6.09 Å². The highest BCUT2D eigenvalue weighted by Crippen LogP contribution is 2.26. The fourth-order valence-electron chi connectivity index (χ4n) is 1.64. The van der Waals surface area contributed by atoms with E-state index in [-0.39, 0.29) is 0 Å². The third kappa shape index (κ3) is 2.33. The molecular weight excluding hydrogens is 206 g/mol. The molecule has 4 heteroatoms. The van der Waals surface area contributed by atoms with Crippen LogP contribution >= 0.6 is 0 Å². The lowest BCUT2D eigenvalue weighted by atomic mass is 10.1. The molecule has 0 aliphatic rings. The minimum absolute atomic E-state index is 0.522. The van der Waals surface area contributed by atoms with Gasteiger partial charge in [0.15, 0.2) is 0 Å². The van der Waals surface area contributed by atoms with Crippen molar-refractivity contribution in [1.82, 2.24) is 0 Å². The Morgan fingerprint density at radius 2 is 2.06 bits per heavy atom. The Morgan fingerprint density at radius 1 is 1.38 bits per heavy atom. The molecule has 0 saturated heterocycles. The van der Waals surface area contributed by atoms with Gasteiger partial charge in [0.05, 0.1) is 19.9 Å². The Hall–Kier alpha value is -1.55. The van der Waals surface area contributed by atoms with Crippen molar-refractivity contribution in [2.75, 3.05) is 19.3 Å². The number of amides is 1. The zero-order valence-corrected chi connectivity index (χ0v) is 10.1. The Bertz CT molecular complexity index is 377. The molecule has 0 aromatic heterocycles. The fourth-order valence-corrected chi connectivity index (χ4v) is 1.64. The van der Waals surface area contributed by atoms with E-state index >= 15 is 0 Å². The molecular formula is C12H17NO3. The van der Waals surface area contributed by atoms with E-state index in [0.717, 1.165) is 23.2 Å². The van der Waals surface area contributed by atoms with Crippen LogP contribution in [0.4, 0.5) is 10.5 Å². The predicted octanol–water partition coefficient (Wildman–Crippen LogP) is 2.69. The summed E-state index contributed by atoms with van der Waals surface area (Å²) in [5, 5.41) is 1.17. The molecule has 16 heavy (non-hydrogen) atoms. The van der Waals surface area contributed by atoms with Gasteiger partial charge < -0.3 is 4.74 Å². The third-order valence-corrected chi connectivity index (χ3v) is 2.43. The van der Waals surface area contributed by atoms with Crippen molar-refractivity contribution < 1.29 is 14.4 Å². The van der Waals surface area contributed by atoms with Crippen molar-refractivity contribution in [2.24, 2.45) is 0 Å². The number of benzene rings is 1. The predicted molar refractivity (Wildman–Crippen MR) is 62.5 cm³/mol. The molecule has 0 saturated carbocycles. The molecule has 1 aromatic carbocycles. The summed E-state index contributed by atoms with van der Waals surface area (Å²) in [6.45, 7) is 3.97. The first-order chi connectivity index (χ1) is 7.65. The Labute approximate surface area is 95.7 Å². The molecule has 0 heterocycles. The number of hydrogen-bond acceptors (Lipinski definition) is 3. The van der Waals surface area contributed by atoms with Crippen molar-refractivity contribution >= 4 is 11.8 Å². The summed E-state index contributed by atoms with van der Waals surface area (Å²) in [5.41, 5.74) is 2.79. The van der Waals surface area contributed by atoms with E-state index in [4.69, 9.17) is 4.84 Å². The number of hydrogen-bond donors (Lipinski definition) is 0. The van der Waals surface area contributed by atoms with Crippen LogP contribution in [0.5, 0.6) is 0 Å². The van der Waals surface area contributed by atoms with Crippen LogP contribution in [0, 0.1) is 6.92 Å². The van der Waals surface area contributed by atoms with Crippen molar-refractivity contribution in [2.45, 2.75) is 20.3 Å². The van der Waals surface area contributed by atoms with E-state index in [9.17, 15) is 4.79 Å². The molecule has 88 valence electrons. The topological polar surface area (TPSA) is 38.8 Å². The molecule has 0 fully saturated rings. The molecule has 0 spiro atoms. The average molecular weight is 223 g/mol. The highest BCUT2D eigenvalue weighted by atomic mass is 16.7. The zero-order chi connectivity index (χ0) is 12.1. The second-order valence-corrected chi connectivity index (χ2v) is 3.38. The average Bonchev–Trinajstić information content (AvgIpc) is 2.31. The number of carbonyl (C=O) groups is 1. The summed E-state index contributed by atoms with van der Waals surface area (Å²) in [6, 6.07) is 5.86. The van der Waals surface area contributed by atoms with Gasteiger partial charge in [0.25, 0.3) is 0 Å². The van der Waals surface area contributed by atoms with E-state index in [0.29, 0.717) is 0 Å². The van der Waals surface area contributed by atoms with Crippen LogP contribution in [0.25, 0.3) is 0 Å². The molecule has 4 nitrogen and oxygen atoms in total. The third-order valence-electron chi connectivity index (χ3n) is 2.43. The van der Waals surface area contributed by atoms with Gasteiger partial charge in [0.2, 0.25) is 0 Å². The number of aryl methyl sites for hydroxylation is 2. The van der Waals surface area contributed by atoms with Crippen LogP contribution in [0.15, 0.2) is 18.2 Å². The summed E-state index contributed by atoms with van der Waals surface area (Å²) in [5.74, 6) is 0. The minimum atomic E-state index is -0.522. The first-order valence-electron chi connectivity index (χ1n) is 5.16. The maximum absolute atomic E-state index is 11.5. The van der Waals surface area contributed by atoms with Gasteiger partial charge >= 0.3 is 6.09 Å². The van der Waals surface area contributed by atoms with E-state index in [1.54, 1.807) is 0 Å². The van der Waals surface area contributed by atoms with Crippen molar-refractivity contribution in [3.8, 4) is 0 Å². The van der Waals surface area contributed by atoms with Crippen molar-refractivity contribution in [3.63, 3.8) is 0 Å². The SMILES string of the molecule is CCc1cccc(C)c1N(OC)C(=O)OC. The smallest absolute Gasteiger partial charge is 0.438 e. The van der Waals surface area contributed by atoms with Crippen LogP contribution in [0.1, 0.15) is 18.1 Å². The van der Waals surface area contributed by atoms with Crippen LogP contribution in [-0.2, 0) is 16.0 Å². The highest BCUT2D eigenvalue weighted by Gasteiger charge is 2.20. The van der Waals surface area contributed by atoms with Crippen molar-refractivity contribution in [1.29, 1.82) is 0 Å². The van der Waals surface area contributed by atoms with E-state index in [1.165, 1.54) is 19.3 Å². The lowest BCUT2D eigenvalue weighted by Gasteiger charge is -2.22. The lowest BCUT2D eigenvalue weighted by molar-refractivity contribution is 0.115. The molecule has 1 rings (SSSR count). The fraction of sp³-hybridized carbons (Fsp3) is 0.417. The molecule has 0 N–H and O–H groups in total. The van der Waals surface area contributed by atoms with Gasteiger partial charge in [-0.15, -0.1) is 0 Å². The molecule has 1 amide bonds. The van der Waals surface area contributed by atoms with E-state index in [1.807, 2.05) is 32.0 Å². The molecule has 0 radical (unpaired) electrons. The largest absolute Gasteiger partial charge is 0.451 e. The van der Waals surface area contributed by atoms with Crippen LogP contribution in [0.3, 0.4) is 0 Å². The number of ether oxygens (including phenoxy) is 1. The van der Waals surface area contributed by atoms with Crippen molar-refractivity contribution in [3.05, 3.63) is 29.3 Å². The number of carbonyl (C=O) groups excluding carboxylic acids is 1. The van der Waals surface area contributed by atoms with Gasteiger partial charge in [-0.2, -0.15) is 5.06 Å². The number of hydroxylamine groups is 1. The molecule has 0 atom stereocenters. The van der Waals surface area contributed by atoms with Crippen LogP contribution in [-0.4, -0.2) is 20.3 Å². The zero-order valence-electron chi connectivity index (χ0n) is 10.1. The maximum atomic E-state index is 11.5. The second-order valence-electron chi connectivity index (χ2n) is 3.38. The second kappa shape index (κ2) is 5.51. The number of nitrogens with zero attached hydrogens (tertiary/aromatic N) is 1. The Kier molecular flexibility index (Phi) is 4.31. The minimum Gasteiger partial charge on any atom is -0.451 e.